The van der Waals surface area contributed by atoms with Gasteiger partial charge in [0, 0.05) is 12.1 Å². The van der Waals surface area contributed by atoms with Crippen LogP contribution < -0.4 is 5.32 Å². The SMILES string of the molecule is O=C(O[C@@H](C(=O)NCc1ccc(F)cc1)c1ccccc1F)c1cccs1. The van der Waals surface area contributed by atoms with Crippen LogP contribution in [-0.4, -0.2) is 11.9 Å². The lowest BCUT2D eigenvalue weighted by molar-refractivity contribution is -0.130. The molecule has 0 radical (unpaired) electrons. The zero-order chi connectivity index (χ0) is 19.2. The van der Waals surface area contributed by atoms with Gasteiger partial charge in [0.05, 0.1) is 0 Å². The third-order valence-corrected chi connectivity index (χ3v) is 4.60. The molecule has 3 aromatic rings. The molecule has 1 heterocycles. The number of hydrogen-bond donors (Lipinski definition) is 1. The normalized spacial score (nSPS) is 11.6. The van der Waals surface area contributed by atoms with Crippen molar-refractivity contribution in [2.75, 3.05) is 0 Å². The minimum absolute atomic E-state index is 0.0426. The summed E-state index contributed by atoms with van der Waals surface area (Å²) in [6.45, 7) is 0.0839. The van der Waals surface area contributed by atoms with E-state index in [1.54, 1.807) is 23.6 Å². The average Bonchev–Trinajstić information content (AvgIpc) is 3.21. The second-order valence-corrected chi connectivity index (χ2v) is 6.58. The zero-order valence-electron chi connectivity index (χ0n) is 14.0. The van der Waals surface area contributed by atoms with Gasteiger partial charge in [0.15, 0.2) is 0 Å². The standard InChI is InChI=1S/C20H15F2NO3S/c21-14-9-7-13(8-10-14)12-23-19(24)18(15-4-1-2-5-16(15)22)26-20(25)17-6-3-11-27-17/h1-11,18H,12H2,(H,23,24)/t18-/m1/s1. The third-order valence-electron chi connectivity index (χ3n) is 3.75. The summed E-state index contributed by atoms with van der Waals surface area (Å²) >= 11 is 1.16. The van der Waals surface area contributed by atoms with Gasteiger partial charge in [-0.25, -0.2) is 13.6 Å². The summed E-state index contributed by atoms with van der Waals surface area (Å²) in [5.74, 6) is -2.43. The Hall–Kier alpha value is -3.06. The van der Waals surface area contributed by atoms with E-state index >= 15 is 0 Å². The first-order valence-electron chi connectivity index (χ1n) is 8.05. The van der Waals surface area contributed by atoms with Crippen LogP contribution in [0.15, 0.2) is 66.0 Å². The van der Waals surface area contributed by atoms with Gasteiger partial charge in [0.1, 0.15) is 16.5 Å². The van der Waals surface area contributed by atoms with Gasteiger partial charge in [-0.2, -0.15) is 0 Å². The number of thiophene rings is 1. The molecule has 0 aliphatic rings. The Morgan fingerprint density at radius 3 is 2.41 bits per heavy atom. The molecule has 4 nitrogen and oxygen atoms in total. The maximum Gasteiger partial charge on any atom is 0.349 e. The minimum Gasteiger partial charge on any atom is -0.443 e. The van der Waals surface area contributed by atoms with Crippen LogP contribution in [0.1, 0.15) is 26.9 Å². The number of hydrogen-bond acceptors (Lipinski definition) is 4. The summed E-state index contributed by atoms with van der Waals surface area (Å²) in [6.07, 6.45) is -1.44. The summed E-state index contributed by atoms with van der Waals surface area (Å²) in [7, 11) is 0. The molecule has 0 unspecified atom stereocenters. The van der Waals surface area contributed by atoms with Crippen LogP contribution in [0.3, 0.4) is 0 Å². The van der Waals surface area contributed by atoms with E-state index in [-0.39, 0.29) is 17.9 Å². The van der Waals surface area contributed by atoms with Gasteiger partial charge in [-0.3, -0.25) is 4.79 Å². The van der Waals surface area contributed by atoms with Crippen molar-refractivity contribution in [2.24, 2.45) is 0 Å². The number of esters is 1. The Kier molecular flexibility index (Phi) is 5.93. The number of benzene rings is 2. The fourth-order valence-corrected chi connectivity index (χ4v) is 3.00. The summed E-state index contributed by atoms with van der Waals surface area (Å²) in [6, 6.07) is 14.4. The maximum atomic E-state index is 14.2. The van der Waals surface area contributed by atoms with Crippen molar-refractivity contribution < 1.29 is 23.1 Å². The third kappa shape index (κ3) is 4.77. The van der Waals surface area contributed by atoms with E-state index in [9.17, 15) is 18.4 Å². The van der Waals surface area contributed by atoms with Crippen molar-refractivity contribution >= 4 is 23.2 Å². The smallest absolute Gasteiger partial charge is 0.349 e. The average molecular weight is 387 g/mol. The van der Waals surface area contributed by atoms with Gasteiger partial charge in [-0.1, -0.05) is 36.4 Å². The van der Waals surface area contributed by atoms with Gasteiger partial charge in [-0.15, -0.1) is 11.3 Å². The first kappa shape index (κ1) is 18.7. The molecule has 2 aromatic carbocycles. The topological polar surface area (TPSA) is 55.4 Å². The van der Waals surface area contributed by atoms with Crippen molar-refractivity contribution in [3.05, 3.63) is 93.7 Å². The summed E-state index contributed by atoms with van der Waals surface area (Å²) in [4.78, 5) is 25.2. The molecule has 1 N–H and O–H groups in total. The van der Waals surface area contributed by atoms with Crippen molar-refractivity contribution in [3.8, 4) is 0 Å². The molecule has 3 rings (SSSR count). The Balaban J connectivity index is 1.78. The molecule has 0 saturated heterocycles. The highest BCUT2D eigenvalue weighted by Crippen LogP contribution is 2.24. The van der Waals surface area contributed by atoms with Crippen LogP contribution in [0, 0.1) is 11.6 Å². The lowest BCUT2D eigenvalue weighted by atomic mass is 10.1. The van der Waals surface area contributed by atoms with E-state index in [0.717, 1.165) is 11.3 Å². The van der Waals surface area contributed by atoms with Crippen LogP contribution in [-0.2, 0) is 16.1 Å². The Morgan fingerprint density at radius 1 is 1.00 bits per heavy atom. The van der Waals surface area contributed by atoms with Crippen molar-refractivity contribution in [2.45, 2.75) is 12.6 Å². The molecule has 0 fully saturated rings. The largest absolute Gasteiger partial charge is 0.443 e. The fraction of sp³-hybridized carbons (Fsp3) is 0.100. The second kappa shape index (κ2) is 8.55. The molecule has 1 amide bonds. The molecule has 27 heavy (non-hydrogen) atoms. The Labute approximate surface area is 158 Å². The van der Waals surface area contributed by atoms with Crippen molar-refractivity contribution in [3.63, 3.8) is 0 Å². The Bertz CT molecular complexity index is 927. The predicted octanol–water partition coefficient (Wildman–Crippen LogP) is 4.24. The Morgan fingerprint density at radius 2 is 1.74 bits per heavy atom. The fourth-order valence-electron chi connectivity index (χ4n) is 2.39. The summed E-state index contributed by atoms with van der Waals surface area (Å²) in [5.41, 5.74) is 0.612. The number of nitrogens with one attached hydrogen (secondary N) is 1. The second-order valence-electron chi connectivity index (χ2n) is 5.63. The van der Waals surface area contributed by atoms with Crippen LogP contribution in [0.5, 0.6) is 0 Å². The lowest BCUT2D eigenvalue weighted by Crippen LogP contribution is -2.32. The first-order chi connectivity index (χ1) is 13.0. The molecule has 0 saturated carbocycles. The summed E-state index contributed by atoms with van der Waals surface area (Å²) in [5, 5.41) is 4.29. The highest BCUT2D eigenvalue weighted by Gasteiger charge is 2.28. The highest BCUT2D eigenvalue weighted by atomic mass is 32.1. The van der Waals surface area contributed by atoms with E-state index in [4.69, 9.17) is 4.74 Å². The van der Waals surface area contributed by atoms with Gasteiger partial charge >= 0.3 is 5.97 Å². The minimum atomic E-state index is -1.44. The van der Waals surface area contributed by atoms with Crippen LogP contribution in [0.4, 0.5) is 8.78 Å². The van der Waals surface area contributed by atoms with E-state index in [1.807, 2.05) is 0 Å². The number of amides is 1. The monoisotopic (exact) mass is 387 g/mol. The van der Waals surface area contributed by atoms with Gasteiger partial charge in [-0.05, 0) is 35.2 Å². The van der Waals surface area contributed by atoms with Crippen molar-refractivity contribution in [1.29, 1.82) is 0 Å². The number of rotatable bonds is 6. The number of carbonyl (C=O) groups is 2. The van der Waals surface area contributed by atoms with Gasteiger partial charge in [0.25, 0.3) is 5.91 Å². The number of ether oxygens (including phenoxy) is 1. The lowest BCUT2D eigenvalue weighted by Gasteiger charge is -2.18. The molecule has 0 aliphatic carbocycles. The number of carbonyl (C=O) groups excluding carboxylic acids is 2. The van der Waals surface area contributed by atoms with E-state index in [0.29, 0.717) is 10.4 Å². The van der Waals surface area contributed by atoms with Crippen LogP contribution in [0.2, 0.25) is 0 Å². The molecule has 0 bridgehead atoms. The van der Waals surface area contributed by atoms with Crippen molar-refractivity contribution in [1.82, 2.24) is 5.32 Å². The van der Waals surface area contributed by atoms with E-state index in [2.05, 4.69) is 5.32 Å². The quantitative estimate of drug-likeness (QED) is 0.644. The molecular formula is C20H15F2NO3S. The summed E-state index contributed by atoms with van der Waals surface area (Å²) < 4.78 is 32.5. The molecule has 1 atom stereocenters. The van der Waals surface area contributed by atoms with E-state index in [1.165, 1.54) is 42.5 Å². The van der Waals surface area contributed by atoms with Gasteiger partial charge < -0.3 is 10.1 Å². The van der Waals surface area contributed by atoms with Crippen LogP contribution >= 0.6 is 11.3 Å². The molecule has 0 aliphatic heterocycles. The molecule has 7 heteroatoms. The number of halogens is 2. The molecule has 0 spiro atoms. The first-order valence-corrected chi connectivity index (χ1v) is 8.93. The zero-order valence-corrected chi connectivity index (χ0v) is 14.8. The molecular weight excluding hydrogens is 372 g/mol. The predicted molar refractivity (Wildman–Crippen MR) is 97.1 cm³/mol. The van der Waals surface area contributed by atoms with Crippen LogP contribution in [0.25, 0.3) is 0 Å². The maximum absolute atomic E-state index is 14.2. The highest BCUT2D eigenvalue weighted by molar-refractivity contribution is 7.11. The van der Waals surface area contributed by atoms with Gasteiger partial charge in [0.2, 0.25) is 6.10 Å². The van der Waals surface area contributed by atoms with E-state index < -0.39 is 23.8 Å². The molecule has 1 aromatic heterocycles. The molecule has 138 valence electrons.